The van der Waals surface area contributed by atoms with E-state index in [0.29, 0.717) is 18.8 Å². The Labute approximate surface area is 118 Å². The first-order valence-electron chi connectivity index (χ1n) is 6.63. The first-order valence-corrected chi connectivity index (χ1v) is 6.63. The van der Waals surface area contributed by atoms with Crippen molar-refractivity contribution in [1.82, 2.24) is 10.3 Å². The number of aromatic nitrogens is 1. The largest absolute Gasteiger partial charge is 0.478 e. The zero-order chi connectivity index (χ0) is 15.0. The van der Waals surface area contributed by atoms with E-state index in [2.05, 4.69) is 10.3 Å². The van der Waals surface area contributed by atoms with Gasteiger partial charge in [-0.1, -0.05) is 6.92 Å². The molecule has 1 aromatic heterocycles. The van der Waals surface area contributed by atoms with Crippen LogP contribution in [0.2, 0.25) is 0 Å². The highest BCUT2D eigenvalue weighted by molar-refractivity contribution is 5.94. The van der Waals surface area contributed by atoms with E-state index in [-0.39, 0.29) is 17.2 Å². The molecular formula is C14H20N2O4. The Bertz CT molecular complexity index is 474. The molecule has 0 saturated heterocycles. The monoisotopic (exact) mass is 280 g/mol. The van der Waals surface area contributed by atoms with E-state index in [0.717, 1.165) is 19.4 Å². The number of carbonyl (C=O) groups excluding carboxylic acids is 1. The molecule has 0 aliphatic heterocycles. The second-order valence-electron chi connectivity index (χ2n) is 4.36. The minimum absolute atomic E-state index is 0.106. The lowest BCUT2D eigenvalue weighted by Crippen LogP contribution is -2.26. The third kappa shape index (κ3) is 4.97. The number of nitrogens with zero attached hydrogens (tertiary/aromatic N) is 1. The van der Waals surface area contributed by atoms with E-state index in [9.17, 15) is 9.59 Å². The van der Waals surface area contributed by atoms with Crippen molar-refractivity contribution < 1.29 is 19.4 Å². The molecule has 0 fully saturated rings. The summed E-state index contributed by atoms with van der Waals surface area (Å²) in [5, 5.41) is 11.6. The number of ether oxygens (including phenoxy) is 1. The van der Waals surface area contributed by atoms with Crippen LogP contribution < -0.4 is 5.32 Å². The maximum absolute atomic E-state index is 11.8. The zero-order valence-electron chi connectivity index (χ0n) is 11.8. The van der Waals surface area contributed by atoms with Crippen LogP contribution in [0.25, 0.3) is 0 Å². The van der Waals surface area contributed by atoms with Gasteiger partial charge in [-0.3, -0.25) is 4.79 Å². The number of aromatic carboxylic acids is 1. The second-order valence-corrected chi connectivity index (χ2v) is 4.36. The van der Waals surface area contributed by atoms with Crippen LogP contribution in [0, 0.1) is 6.92 Å². The molecule has 2 N–H and O–H groups in total. The summed E-state index contributed by atoms with van der Waals surface area (Å²) in [6, 6.07) is 2.81. The summed E-state index contributed by atoms with van der Waals surface area (Å²) < 4.78 is 5.30. The summed E-state index contributed by atoms with van der Waals surface area (Å²) in [4.78, 5) is 26.6. The molecule has 1 rings (SSSR count). The fourth-order valence-electron chi connectivity index (χ4n) is 1.63. The lowest BCUT2D eigenvalue weighted by molar-refractivity contribution is 0.0694. The lowest BCUT2D eigenvalue weighted by atomic mass is 10.2. The number of hydrogen-bond acceptors (Lipinski definition) is 4. The summed E-state index contributed by atoms with van der Waals surface area (Å²) in [5.41, 5.74) is 0.660. The van der Waals surface area contributed by atoms with Gasteiger partial charge >= 0.3 is 5.97 Å². The van der Waals surface area contributed by atoms with E-state index in [1.807, 2.05) is 6.92 Å². The number of rotatable bonds is 8. The smallest absolute Gasteiger partial charge is 0.337 e. The first kappa shape index (κ1) is 16.1. The normalized spacial score (nSPS) is 10.3. The Kier molecular flexibility index (Phi) is 6.66. The summed E-state index contributed by atoms with van der Waals surface area (Å²) in [6.07, 6.45) is 1.71. The topological polar surface area (TPSA) is 88.5 Å². The summed E-state index contributed by atoms with van der Waals surface area (Å²) in [5.74, 6) is -1.35. The fourth-order valence-corrected chi connectivity index (χ4v) is 1.63. The number of pyridine rings is 1. The predicted octanol–water partition coefficient (Wildman–Crippen LogP) is 1.63. The van der Waals surface area contributed by atoms with Crippen LogP contribution in [-0.4, -0.2) is 41.7 Å². The van der Waals surface area contributed by atoms with Gasteiger partial charge in [-0.2, -0.15) is 0 Å². The Balaban J connectivity index is 2.44. The zero-order valence-corrected chi connectivity index (χ0v) is 11.8. The highest BCUT2D eigenvalue weighted by Gasteiger charge is 2.12. The minimum Gasteiger partial charge on any atom is -0.478 e. The molecule has 6 nitrogen and oxygen atoms in total. The van der Waals surface area contributed by atoms with Gasteiger partial charge in [-0.25, -0.2) is 9.78 Å². The maximum Gasteiger partial charge on any atom is 0.337 e. The van der Waals surface area contributed by atoms with Gasteiger partial charge in [0, 0.05) is 19.8 Å². The standard InChI is InChI=1S/C14H20N2O4/c1-3-8-20-9-4-7-15-13(17)12-6-5-11(14(18)19)10(2)16-12/h5-6H,3-4,7-9H2,1-2H3,(H,15,17)(H,18,19). The van der Waals surface area contributed by atoms with Crippen LogP contribution in [0.1, 0.15) is 46.3 Å². The molecule has 0 aliphatic rings. The van der Waals surface area contributed by atoms with Crippen LogP contribution in [0.15, 0.2) is 12.1 Å². The van der Waals surface area contributed by atoms with Gasteiger partial charge in [-0.15, -0.1) is 0 Å². The third-order valence-corrected chi connectivity index (χ3v) is 2.65. The van der Waals surface area contributed by atoms with Gasteiger partial charge in [0.1, 0.15) is 5.69 Å². The Hall–Kier alpha value is -1.95. The molecule has 0 unspecified atom stereocenters. The van der Waals surface area contributed by atoms with Crippen molar-refractivity contribution in [3.63, 3.8) is 0 Å². The van der Waals surface area contributed by atoms with Crippen molar-refractivity contribution >= 4 is 11.9 Å². The average molecular weight is 280 g/mol. The minimum atomic E-state index is -1.05. The molecular weight excluding hydrogens is 260 g/mol. The SMILES string of the molecule is CCCOCCCNC(=O)c1ccc(C(=O)O)c(C)n1. The average Bonchev–Trinajstić information content (AvgIpc) is 2.41. The van der Waals surface area contributed by atoms with Gasteiger partial charge in [0.15, 0.2) is 0 Å². The van der Waals surface area contributed by atoms with Crippen LogP contribution in [0.4, 0.5) is 0 Å². The van der Waals surface area contributed by atoms with E-state index in [1.165, 1.54) is 12.1 Å². The van der Waals surface area contributed by atoms with E-state index < -0.39 is 5.97 Å². The molecule has 0 radical (unpaired) electrons. The van der Waals surface area contributed by atoms with Crippen molar-refractivity contribution in [3.05, 3.63) is 29.1 Å². The summed E-state index contributed by atoms with van der Waals surface area (Å²) >= 11 is 0. The van der Waals surface area contributed by atoms with Crippen LogP contribution in [0.3, 0.4) is 0 Å². The summed E-state index contributed by atoms with van der Waals surface area (Å²) in [6.45, 7) is 5.45. The molecule has 0 aromatic carbocycles. The molecule has 0 saturated carbocycles. The van der Waals surface area contributed by atoms with E-state index in [1.54, 1.807) is 6.92 Å². The van der Waals surface area contributed by atoms with E-state index in [4.69, 9.17) is 9.84 Å². The predicted molar refractivity (Wildman–Crippen MR) is 74.0 cm³/mol. The Morgan fingerprint density at radius 1 is 1.35 bits per heavy atom. The van der Waals surface area contributed by atoms with Gasteiger partial charge in [0.2, 0.25) is 0 Å². The van der Waals surface area contributed by atoms with Crippen molar-refractivity contribution in [2.24, 2.45) is 0 Å². The van der Waals surface area contributed by atoms with Gasteiger partial charge < -0.3 is 15.2 Å². The Morgan fingerprint density at radius 2 is 2.10 bits per heavy atom. The lowest BCUT2D eigenvalue weighted by Gasteiger charge is -2.07. The molecule has 0 spiro atoms. The van der Waals surface area contributed by atoms with Gasteiger partial charge in [-0.05, 0) is 31.9 Å². The van der Waals surface area contributed by atoms with Crippen LogP contribution in [0.5, 0.6) is 0 Å². The fraction of sp³-hybridized carbons (Fsp3) is 0.500. The number of amides is 1. The molecule has 0 bridgehead atoms. The van der Waals surface area contributed by atoms with Crippen LogP contribution >= 0.6 is 0 Å². The van der Waals surface area contributed by atoms with Gasteiger partial charge in [0.05, 0.1) is 11.3 Å². The second kappa shape index (κ2) is 8.27. The van der Waals surface area contributed by atoms with Gasteiger partial charge in [0.25, 0.3) is 5.91 Å². The first-order chi connectivity index (χ1) is 9.56. The van der Waals surface area contributed by atoms with E-state index >= 15 is 0 Å². The number of carbonyl (C=O) groups is 2. The van der Waals surface area contributed by atoms with Crippen molar-refractivity contribution in [3.8, 4) is 0 Å². The highest BCUT2D eigenvalue weighted by atomic mass is 16.5. The highest BCUT2D eigenvalue weighted by Crippen LogP contribution is 2.06. The molecule has 20 heavy (non-hydrogen) atoms. The number of aryl methyl sites for hydroxylation is 1. The number of carboxylic acids is 1. The maximum atomic E-state index is 11.8. The van der Waals surface area contributed by atoms with Crippen molar-refractivity contribution in [2.75, 3.05) is 19.8 Å². The van der Waals surface area contributed by atoms with Crippen LogP contribution in [-0.2, 0) is 4.74 Å². The molecule has 6 heteroatoms. The van der Waals surface area contributed by atoms with Crippen molar-refractivity contribution in [1.29, 1.82) is 0 Å². The number of carboxylic acid groups (broad SMARTS) is 1. The number of hydrogen-bond donors (Lipinski definition) is 2. The molecule has 1 heterocycles. The summed E-state index contributed by atoms with van der Waals surface area (Å²) in [7, 11) is 0. The Morgan fingerprint density at radius 3 is 2.70 bits per heavy atom. The molecule has 0 aliphatic carbocycles. The number of nitrogens with one attached hydrogen (secondary N) is 1. The quantitative estimate of drug-likeness (QED) is 0.707. The molecule has 1 amide bonds. The third-order valence-electron chi connectivity index (χ3n) is 2.65. The molecule has 1 aromatic rings. The molecule has 110 valence electrons. The van der Waals surface area contributed by atoms with Crippen molar-refractivity contribution in [2.45, 2.75) is 26.7 Å². The molecule has 0 atom stereocenters.